The van der Waals surface area contributed by atoms with Gasteiger partial charge in [-0.15, -0.1) is 0 Å². The van der Waals surface area contributed by atoms with Crippen LogP contribution in [0.2, 0.25) is 0 Å². The summed E-state index contributed by atoms with van der Waals surface area (Å²) in [5.41, 5.74) is 8.67. The third-order valence-electron chi connectivity index (χ3n) is 4.59. The molecule has 0 radical (unpaired) electrons. The van der Waals surface area contributed by atoms with Gasteiger partial charge in [-0.25, -0.2) is 0 Å². The first-order valence-corrected chi connectivity index (χ1v) is 8.09. The van der Waals surface area contributed by atoms with Crippen LogP contribution in [0.3, 0.4) is 0 Å². The van der Waals surface area contributed by atoms with E-state index in [0.29, 0.717) is 0 Å². The smallest absolute Gasteiger partial charge is 0.130 e. The van der Waals surface area contributed by atoms with E-state index in [1.54, 1.807) is 0 Å². The molecule has 2 atom stereocenters. The fraction of sp³-hybridized carbons (Fsp3) is 0.812. The third-order valence-corrected chi connectivity index (χ3v) is 4.59. The maximum Gasteiger partial charge on any atom is 0.130 e. The first-order valence-electron chi connectivity index (χ1n) is 8.09. The number of hydrogen-bond donors (Lipinski definition) is 1. The normalized spacial score (nSPS) is 20.6. The Morgan fingerprint density at radius 3 is 2.80 bits per heavy atom. The van der Waals surface area contributed by atoms with Crippen molar-refractivity contribution in [2.24, 2.45) is 18.7 Å². The lowest BCUT2D eigenvalue weighted by molar-refractivity contribution is 0.528. The molecule has 2 N–H and O–H groups in total. The first kappa shape index (κ1) is 15.4. The molecule has 2 rings (SSSR count). The van der Waals surface area contributed by atoms with Crippen molar-refractivity contribution in [1.82, 2.24) is 9.78 Å². The molecule has 0 bridgehead atoms. The predicted molar refractivity (Wildman–Crippen MR) is 85.1 cm³/mol. The van der Waals surface area contributed by atoms with Crippen LogP contribution in [0.15, 0.2) is 0 Å². The van der Waals surface area contributed by atoms with Gasteiger partial charge in [0.1, 0.15) is 5.82 Å². The summed E-state index contributed by atoms with van der Waals surface area (Å²) in [5, 5.41) is 4.63. The van der Waals surface area contributed by atoms with E-state index in [1.165, 1.54) is 37.2 Å². The van der Waals surface area contributed by atoms with E-state index in [-0.39, 0.29) is 6.04 Å². The molecule has 0 spiro atoms. The van der Waals surface area contributed by atoms with Gasteiger partial charge in [-0.3, -0.25) is 4.68 Å². The van der Waals surface area contributed by atoms with Crippen molar-refractivity contribution in [3.05, 3.63) is 11.3 Å². The minimum atomic E-state index is 0.241. The van der Waals surface area contributed by atoms with E-state index in [4.69, 9.17) is 5.73 Å². The van der Waals surface area contributed by atoms with E-state index in [2.05, 4.69) is 42.5 Å². The van der Waals surface area contributed by atoms with E-state index in [1.807, 2.05) is 0 Å². The van der Waals surface area contributed by atoms with Crippen LogP contribution in [0.4, 0.5) is 5.82 Å². The maximum atomic E-state index is 6.17. The largest absolute Gasteiger partial charge is 0.356 e. The van der Waals surface area contributed by atoms with Crippen LogP contribution in [0.5, 0.6) is 0 Å². The van der Waals surface area contributed by atoms with Crippen molar-refractivity contribution >= 4 is 5.82 Å². The van der Waals surface area contributed by atoms with Crippen molar-refractivity contribution < 1.29 is 0 Å². The summed E-state index contributed by atoms with van der Waals surface area (Å²) in [6.07, 6.45) is 5.91. The van der Waals surface area contributed by atoms with Crippen molar-refractivity contribution in [1.29, 1.82) is 0 Å². The van der Waals surface area contributed by atoms with Gasteiger partial charge in [0.05, 0.1) is 5.69 Å². The highest BCUT2D eigenvalue weighted by molar-refractivity contribution is 5.51. The fourth-order valence-electron chi connectivity index (χ4n) is 3.40. The molecular weight excluding hydrogens is 248 g/mol. The summed E-state index contributed by atoms with van der Waals surface area (Å²) in [6, 6.07) is 0.241. The molecule has 0 aliphatic carbocycles. The molecule has 20 heavy (non-hydrogen) atoms. The summed E-state index contributed by atoms with van der Waals surface area (Å²) in [6.45, 7) is 8.89. The van der Waals surface area contributed by atoms with E-state index >= 15 is 0 Å². The summed E-state index contributed by atoms with van der Waals surface area (Å²) in [7, 11) is 2.07. The van der Waals surface area contributed by atoms with Crippen LogP contribution in [0.25, 0.3) is 0 Å². The number of aryl methyl sites for hydroxylation is 2. The van der Waals surface area contributed by atoms with Gasteiger partial charge in [0.25, 0.3) is 0 Å². The van der Waals surface area contributed by atoms with Gasteiger partial charge in [-0.1, -0.05) is 20.3 Å². The van der Waals surface area contributed by atoms with Crippen LogP contribution in [0.1, 0.15) is 50.8 Å². The van der Waals surface area contributed by atoms with Crippen molar-refractivity contribution in [3.8, 4) is 0 Å². The number of aromatic nitrogens is 2. The van der Waals surface area contributed by atoms with Crippen molar-refractivity contribution in [3.63, 3.8) is 0 Å². The Bertz CT molecular complexity index is 438. The number of hydrogen-bond acceptors (Lipinski definition) is 3. The Morgan fingerprint density at radius 1 is 1.40 bits per heavy atom. The minimum Gasteiger partial charge on any atom is -0.356 e. The summed E-state index contributed by atoms with van der Waals surface area (Å²) >= 11 is 0. The minimum absolute atomic E-state index is 0.241. The molecule has 0 amide bonds. The molecule has 0 saturated carbocycles. The van der Waals surface area contributed by atoms with E-state index in [9.17, 15) is 0 Å². The molecule has 1 fully saturated rings. The Balaban J connectivity index is 2.18. The number of anilines is 1. The van der Waals surface area contributed by atoms with Crippen LogP contribution >= 0.6 is 0 Å². The fourth-order valence-corrected chi connectivity index (χ4v) is 3.40. The van der Waals surface area contributed by atoms with Crippen LogP contribution in [0, 0.1) is 12.8 Å². The van der Waals surface area contributed by atoms with Crippen LogP contribution in [-0.4, -0.2) is 28.9 Å². The average Bonchev–Trinajstić information content (AvgIpc) is 2.95. The zero-order chi connectivity index (χ0) is 14.7. The lowest BCUT2D eigenvalue weighted by Crippen LogP contribution is -2.26. The maximum absolute atomic E-state index is 6.17. The summed E-state index contributed by atoms with van der Waals surface area (Å²) in [5.74, 6) is 2.16. The number of nitrogens with two attached hydrogens (primary N) is 1. The molecule has 4 heteroatoms. The standard InChI is InChI=1S/C16H30N4/c1-5-7-13-8-9-20(11-13)16-15(10-14(17)6-2)12(3)18-19(16)4/h13-14H,5-11,17H2,1-4H3. The summed E-state index contributed by atoms with van der Waals surface area (Å²) in [4.78, 5) is 2.53. The molecule has 4 nitrogen and oxygen atoms in total. The zero-order valence-corrected chi connectivity index (χ0v) is 13.5. The third kappa shape index (κ3) is 3.17. The molecule has 0 aromatic carbocycles. The quantitative estimate of drug-likeness (QED) is 0.870. The Morgan fingerprint density at radius 2 is 2.15 bits per heavy atom. The number of nitrogens with zero attached hydrogens (tertiary/aromatic N) is 3. The highest BCUT2D eigenvalue weighted by atomic mass is 15.4. The SMILES string of the molecule is CCCC1CCN(c2c(CC(N)CC)c(C)nn2C)C1. The molecule has 114 valence electrons. The highest BCUT2D eigenvalue weighted by Crippen LogP contribution is 2.31. The molecule has 1 aliphatic rings. The molecule has 2 unspecified atom stereocenters. The predicted octanol–water partition coefficient (Wildman–Crippen LogP) is 2.63. The highest BCUT2D eigenvalue weighted by Gasteiger charge is 2.27. The molecule has 2 heterocycles. The van der Waals surface area contributed by atoms with Gasteiger partial charge in [0.15, 0.2) is 0 Å². The van der Waals surface area contributed by atoms with Crippen LogP contribution < -0.4 is 10.6 Å². The van der Waals surface area contributed by atoms with Crippen molar-refractivity contribution in [2.45, 2.75) is 58.9 Å². The number of rotatable bonds is 6. The van der Waals surface area contributed by atoms with Gasteiger partial charge in [-0.05, 0) is 38.5 Å². The monoisotopic (exact) mass is 278 g/mol. The second-order valence-corrected chi connectivity index (χ2v) is 6.27. The second kappa shape index (κ2) is 6.61. The zero-order valence-electron chi connectivity index (χ0n) is 13.5. The van der Waals surface area contributed by atoms with Gasteiger partial charge < -0.3 is 10.6 Å². The lowest BCUT2D eigenvalue weighted by atomic mass is 10.0. The summed E-state index contributed by atoms with van der Waals surface area (Å²) < 4.78 is 2.06. The molecule has 1 aliphatic heterocycles. The van der Waals surface area contributed by atoms with Crippen LogP contribution in [-0.2, 0) is 13.5 Å². The molecule has 1 aromatic heterocycles. The Hall–Kier alpha value is -1.03. The van der Waals surface area contributed by atoms with Gasteiger partial charge >= 0.3 is 0 Å². The lowest BCUT2D eigenvalue weighted by Gasteiger charge is -2.21. The molecule has 1 aromatic rings. The molecule has 1 saturated heterocycles. The molecular formula is C16H30N4. The Kier molecular flexibility index (Phi) is 5.08. The topological polar surface area (TPSA) is 47.1 Å². The van der Waals surface area contributed by atoms with E-state index < -0.39 is 0 Å². The Labute approximate surface area is 123 Å². The van der Waals surface area contributed by atoms with Gasteiger partial charge in [0, 0.05) is 31.7 Å². The average molecular weight is 278 g/mol. The van der Waals surface area contributed by atoms with Crippen molar-refractivity contribution in [2.75, 3.05) is 18.0 Å². The second-order valence-electron chi connectivity index (χ2n) is 6.27. The van der Waals surface area contributed by atoms with Gasteiger partial charge in [-0.2, -0.15) is 5.10 Å². The van der Waals surface area contributed by atoms with E-state index in [0.717, 1.165) is 31.0 Å². The first-order chi connectivity index (χ1) is 9.56. The van der Waals surface area contributed by atoms with Gasteiger partial charge in [0.2, 0.25) is 0 Å².